The van der Waals surface area contributed by atoms with Gasteiger partial charge in [0, 0.05) is 0 Å². The minimum absolute atomic E-state index is 0.728. The molecule has 0 aliphatic carbocycles. The summed E-state index contributed by atoms with van der Waals surface area (Å²) in [5.41, 5.74) is 0. The Morgan fingerprint density at radius 1 is 1.22 bits per heavy atom. The molecule has 0 nitrogen and oxygen atoms in total. The molecular weight excluding hydrogens is 108 g/mol. The van der Waals surface area contributed by atoms with Crippen molar-refractivity contribution in [2.75, 3.05) is 0 Å². The summed E-state index contributed by atoms with van der Waals surface area (Å²) >= 11 is 0. The highest BCUT2D eigenvalue weighted by Gasteiger charge is 1.88. The van der Waals surface area contributed by atoms with Crippen LogP contribution in [0, 0.1) is 12.3 Å². The van der Waals surface area contributed by atoms with Crippen LogP contribution in [0.5, 0.6) is 0 Å². The van der Waals surface area contributed by atoms with Crippen molar-refractivity contribution in [3.63, 3.8) is 0 Å². The van der Waals surface area contributed by atoms with Gasteiger partial charge in [0.15, 0.2) is 0 Å². The van der Waals surface area contributed by atoms with E-state index in [0.717, 1.165) is 18.8 Å². The lowest BCUT2D eigenvalue weighted by Crippen LogP contribution is -1.84. The molecule has 0 aromatic rings. The van der Waals surface area contributed by atoms with Crippen LogP contribution in [0.4, 0.5) is 0 Å². The number of hydrogen-bond donors (Lipinski definition) is 0. The van der Waals surface area contributed by atoms with E-state index in [4.69, 9.17) is 0 Å². The van der Waals surface area contributed by atoms with Crippen molar-refractivity contribution in [2.45, 2.75) is 33.6 Å². The maximum Gasteiger partial charge on any atom is -0.0317 e. The van der Waals surface area contributed by atoms with Crippen molar-refractivity contribution in [3.8, 4) is 0 Å². The summed E-state index contributed by atoms with van der Waals surface area (Å²) in [6, 6.07) is 0. The molecule has 53 valence electrons. The van der Waals surface area contributed by atoms with E-state index in [9.17, 15) is 0 Å². The summed E-state index contributed by atoms with van der Waals surface area (Å²) in [5.74, 6) is 0.728. The van der Waals surface area contributed by atoms with Crippen LogP contribution in [0.3, 0.4) is 0 Å². The average molecular weight is 125 g/mol. The molecule has 0 unspecified atom stereocenters. The van der Waals surface area contributed by atoms with E-state index in [2.05, 4.69) is 39.3 Å². The first-order chi connectivity index (χ1) is 4.27. The van der Waals surface area contributed by atoms with Crippen LogP contribution in [0.1, 0.15) is 33.6 Å². The van der Waals surface area contributed by atoms with Gasteiger partial charge in [-0.15, -0.1) is 0 Å². The normalized spacial score (nSPS) is 11.6. The largest absolute Gasteiger partial charge is 0.0888 e. The minimum atomic E-state index is 0.728. The van der Waals surface area contributed by atoms with Crippen LogP contribution in [-0.4, -0.2) is 0 Å². The van der Waals surface area contributed by atoms with Crippen LogP contribution >= 0.6 is 0 Å². The first-order valence-electron chi connectivity index (χ1n) is 3.75. The van der Waals surface area contributed by atoms with Gasteiger partial charge in [0.2, 0.25) is 0 Å². The molecule has 0 atom stereocenters. The van der Waals surface area contributed by atoms with Gasteiger partial charge in [-0.3, -0.25) is 0 Å². The molecule has 1 radical (unpaired) electrons. The Kier molecular flexibility index (Phi) is 5.70. The first-order valence-corrected chi connectivity index (χ1v) is 3.75. The van der Waals surface area contributed by atoms with Crippen LogP contribution in [0.2, 0.25) is 0 Å². The monoisotopic (exact) mass is 125 g/mol. The lowest BCUT2D eigenvalue weighted by Gasteiger charge is -1.97. The van der Waals surface area contributed by atoms with E-state index in [-0.39, 0.29) is 0 Å². The summed E-state index contributed by atoms with van der Waals surface area (Å²) in [6.07, 6.45) is 9.03. The molecule has 9 heavy (non-hydrogen) atoms. The molecular formula is C9H17. The fourth-order valence-corrected chi connectivity index (χ4v) is 0.614. The van der Waals surface area contributed by atoms with Gasteiger partial charge >= 0.3 is 0 Å². The molecule has 0 rings (SSSR count). The molecule has 0 saturated carbocycles. The van der Waals surface area contributed by atoms with E-state index >= 15 is 0 Å². The predicted molar refractivity (Wildman–Crippen MR) is 43.2 cm³/mol. The van der Waals surface area contributed by atoms with Crippen molar-refractivity contribution in [3.05, 3.63) is 18.6 Å². The summed E-state index contributed by atoms with van der Waals surface area (Å²) < 4.78 is 0. The summed E-state index contributed by atoms with van der Waals surface area (Å²) in [6.45, 7) is 6.57. The van der Waals surface area contributed by atoms with Gasteiger partial charge < -0.3 is 0 Å². The maximum absolute atomic E-state index is 2.31. The quantitative estimate of drug-likeness (QED) is 0.506. The smallest absolute Gasteiger partial charge is 0.0317 e. The Hall–Kier alpha value is -0.260. The maximum atomic E-state index is 2.31. The third-order valence-electron chi connectivity index (χ3n) is 1.15. The van der Waals surface area contributed by atoms with Crippen LogP contribution < -0.4 is 0 Å². The van der Waals surface area contributed by atoms with Crippen molar-refractivity contribution in [1.82, 2.24) is 0 Å². The zero-order valence-corrected chi connectivity index (χ0v) is 6.72. The molecule has 0 aliphatic heterocycles. The molecule has 0 fully saturated rings. The first kappa shape index (κ1) is 8.74. The van der Waals surface area contributed by atoms with Crippen molar-refractivity contribution >= 4 is 0 Å². The highest BCUT2D eigenvalue weighted by Crippen LogP contribution is 2.02. The van der Waals surface area contributed by atoms with E-state index in [1.165, 1.54) is 0 Å². The van der Waals surface area contributed by atoms with Crippen LogP contribution in [0.25, 0.3) is 0 Å². The SMILES string of the molecule is CCC=CC[CH]C(C)C. The Bertz CT molecular complexity index is 70.1. The summed E-state index contributed by atoms with van der Waals surface area (Å²) in [5, 5.41) is 0. The summed E-state index contributed by atoms with van der Waals surface area (Å²) in [4.78, 5) is 0. The van der Waals surface area contributed by atoms with Crippen LogP contribution in [0.15, 0.2) is 12.2 Å². The molecule has 0 N–H and O–H groups in total. The van der Waals surface area contributed by atoms with Crippen molar-refractivity contribution < 1.29 is 0 Å². The predicted octanol–water partition coefficient (Wildman–Crippen LogP) is 3.20. The van der Waals surface area contributed by atoms with Gasteiger partial charge in [-0.1, -0.05) is 32.9 Å². The zero-order valence-electron chi connectivity index (χ0n) is 6.72. The topological polar surface area (TPSA) is 0 Å². The standard InChI is InChI=1S/C9H17/c1-4-5-6-7-8-9(2)3/h5-6,8-9H,4,7H2,1-3H3. The Morgan fingerprint density at radius 3 is 2.33 bits per heavy atom. The van der Waals surface area contributed by atoms with Gasteiger partial charge in [0.25, 0.3) is 0 Å². The lowest BCUT2D eigenvalue weighted by molar-refractivity contribution is 0.738. The molecule has 0 bridgehead atoms. The van der Waals surface area contributed by atoms with E-state index in [0.29, 0.717) is 0 Å². The second-order valence-corrected chi connectivity index (χ2v) is 2.60. The molecule has 0 aromatic heterocycles. The Balaban J connectivity index is 2.99. The molecule has 0 spiro atoms. The lowest BCUT2D eigenvalue weighted by atomic mass is 10.1. The molecule has 0 aliphatic rings. The van der Waals surface area contributed by atoms with Gasteiger partial charge in [0.05, 0.1) is 0 Å². The van der Waals surface area contributed by atoms with Crippen molar-refractivity contribution in [2.24, 2.45) is 5.92 Å². The van der Waals surface area contributed by atoms with E-state index < -0.39 is 0 Å². The number of hydrogen-bond acceptors (Lipinski definition) is 0. The Labute approximate surface area is 59.0 Å². The second-order valence-electron chi connectivity index (χ2n) is 2.60. The summed E-state index contributed by atoms with van der Waals surface area (Å²) in [7, 11) is 0. The van der Waals surface area contributed by atoms with Gasteiger partial charge in [0.1, 0.15) is 0 Å². The highest BCUT2D eigenvalue weighted by molar-refractivity contribution is 4.86. The molecule has 0 heterocycles. The fourth-order valence-electron chi connectivity index (χ4n) is 0.614. The van der Waals surface area contributed by atoms with Gasteiger partial charge in [-0.05, 0) is 25.2 Å². The molecule has 0 heteroatoms. The highest BCUT2D eigenvalue weighted by atomic mass is 13.9. The molecule has 0 amide bonds. The number of rotatable bonds is 4. The fraction of sp³-hybridized carbons (Fsp3) is 0.667. The third kappa shape index (κ3) is 7.74. The zero-order chi connectivity index (χ0) is 7.11. The Morgan fingerprint density at radius 2 is 1.89 bits per heavy atom. The van der Waals surface area contributed by atoms with Crippen molar-refractivity contribution in [1.29, 1.82) is 0 Å². The van der Waals surface area contributed by atoms with E-state index in [1.807, 2.05) is 0 Å². The minimum Gasteiger partial charge on any atom is -0.0888 e. The molecule has 0 saturated heterocycles. The van der Waals surface area contributed by atoms with Gasteiger partial charge in [-0.25, -0.2) is 0 Å². The van der Waals surface area contributed by atoms with Crippen LogP contribution in [-0.2, 0) is 0 Å². The molecule has 0 aromatic carbocycles. The van der Waals surface area contributed by atoms with E-state index in [1.54, 1.807) is 0 Å². The average Bonchev–Trinajstić information content (AvgIpc) is 1.80. The third-order valence-corrected chi connectivity index (χ3v) is 1.15. The van der Waals surface area contributed by atoms with Gasteiger partial charge in [-0.2, -0.15) is 0 Å². The number of allylic oxidation sites excluding steroid dienone is 2. The second kappa shape index (κ2) is 5.87.